The van der Waals surface area contributed by atoms with Gasteiger partial charge in [-0.15, -0.1) is 0 Å². The number of urea groups is 1. The van der Waals surface area contributed by atoms with Crippen molar-refractivity contribution in [1.29, 1.82) is 0 Å². The van der Waals surface area contributed by atoms with Gasteiger partial charge in [0.05, 0.1) is 6.54 Å². The van der Waals surface area contributed by atoms with Crippen LogP contribution in [0.5, 0.6) is 0 Å². The van der Waals surface area contributed by atoms with E-state index in [-0.39, 0.29) is 24.4 Å². The van der Waals surface area contributed by atoms with Crippen LogP contribution in [0.1, 0.15) is 61.9 Å². The first-order valence-corrected chi connectivity index (χ1v) is 9.23. The summed E-state index contributed by atoms with van der Waals surface area (Å²) in [6.45, 7) is 4.16. The fraction of sp³-hybridized carbons (Fsp3) is 0.550. The van der Waals surface area contributed by atoms with Gasteiger partial charge in [-0.05, 0) is 31.0 Å². The van der Waals surface area contributed by atoms with E-state index in [0.29, 0.717) is 12.0 Å². The summed E-state index contributed by atoms with van der Waals surface area (Å²) in [6, 6.07) is 6.67. The predicted molar refractivity (Wildman–Crippen MR) is 101 cm³/mol. The van der Waals surface area contributed by atoms with Crippen LogP contribution >= 0.6 is 0 Å². The Bertz CT molecular complexity index is 669. The quantitative estimate of drug-likeness (QED) is 0.572. The molecule has 1 saturated heterocycles. The third-order valence-electron chi connectivity index (χ3n) is 4.82. The molecule has 1 heterocycles. The minimum absolute atomic E-state index is 0.0776. The summed E-state index contributed by atoms with van der Waals surface area (Å²) in [6.07, 6.45) is 4.92. The molecule has 0 aromatic heterocycles. The van der Waals surface area contributed by atoms with Crippen molar-refractivity contribution in [3.05, 3.63) is 35.4 Å². The number of amides is 4. The third-order valence-corrected chi connectivity index (χ3v) is 4.82. The zero-order valence-corrected chi connectivity index (χ0v) is 16.2. The monoisotopic (exact) mass is 359 g/mol. The lowest BCUT2D eigenvalue weighted by atomic mass is 9.94. The smallest absolute Gasteiger partial charge is 0.325 e. The Morgan fingerprint density at radius 2 is 1.77 bits per heavy atom. The second kappa shape index (κ2) is 8.34. The van der Waals surface area contributed by atoms with E-state index in [0.717, 1.165) is 31.2 Å². The van der Waals surface area contributed by atoms with Crippen LogP contribution in [0, 0.1) is 0 Å². The van der Waals surface area contributed by atoms with Crippen LogP contribution < -0.4 is 5.32 Å². The number of hydrogen-bond donors (Lipinski definition) is 1. The number of benzene rings is 1. The Balaban J connectivity index is 2.02. The van der Waals surface area contributed by atoms with Gasteiger partial charge in [0.2, 0.25) is 0 Å². The van der Waals surface area contributed by atoms with Crippen molar-refractivity contribution >= 4 is 17.8 Å². The maximum Gasteiger partial charge on any atom is 0.325 e. The van der Waals surface area contributed by atoms with Crippen molar-refractivity contribution in [3.8, 4) is 0 Å². The molecule has 0 aliphatic carbocycles. The molecule has 0 bridgehead atoms. The van der Waals surface area contributed by atoms with Crippen molar-refractivity contribution in [2.45, 2.75) is 58.0 Å². The molecule has 1 aliphatic heterocycles. The van der Waals surface area contributed by atoms with E-state index in [1.54, 1.807) is 45.3 Å². The molecule has 1 unspecified atom stereocenters. The Kier molecular flexibility index (Phi) is 6.40. The summed E-state index contributed by atoms with van der Waals surface area (Å²) in [7, 11) is 3.40. The van der Waals surface area contributed by atoms with E-state index in [1.165, 1.54) is 9.80 Å². The topological polar surface area (TPSA) is 69.7 Å². The van der Waals surface area contributed by atoms with Gasteiger partial charge in [-0.3, -0.25) is 14.5 Å². The van der Waals surface area contributed by atoms with Crippen LogP contribution in [-0.2, 0) is 11.3 Å². The highest BCUT2D eigenvalue weighted by Gasteiger charge is 2.46. The Labute approximate surface area is 155 Å². The van der Waals surface area contributed by atoms with E-state index >= 15 is 0 Å². The van der Waals surface area contributed by atoms with Crippen LogP contribution in [0.4, 0.5) is 4.79 Å². The van der Waals surface area contributed by atoms with E-state index in [2.05, 4.69) is 12.2 Å². The average molecular weight is 359 g/mol. The van der Waals surface area contributed by atoms with Crippen LogP contribution in [-0.4, -0.2) is 47.3 Å². The van der Waals surface area contributed by atoms with Crippen molar-refractivity contribution in [3.63, 3.8) is 0 Å². The first kappa shape index (κ1) is 19.9. The van der Waals surface area contributed by atoms with E-state index in [1.807, 2.05) is 0 Å². The fourth-order valence-corrected chi connectivity index (χ4v) is 3.16. The molecule has 1 aromatic rings. The number of carbonyl (C=O) groups is 3. The molecule has 1 fully saturated rings. The zero-order chi connectivity index (χ0) is 19.3. The van der Waals surface area contributed by atoms with Gasteiger partial charge in [-0.25, -0.2) is 4.79 Å². The van der Waals surface area contributed by atoms with E-state index < -0.39 is 5.54 Å². The van der Waals surface area contributed by atoms with Crippen LogP contribution in [0.15, 0.2) is 24.3 Å². The van der Waals surface area contributed by atoms with Gasteiger partial charge in [-0.2, -0.15) is 0 Å². The van der Waals surface area contributed by atoms with Crippen molar-refractivity contribution in [1.82, 2.24) is 15.1 Å². The van der Waals surface area contributed by atoms with Crippen molar-refractivity contribution in [2.24, 2.45) is 0 Å². The number of nitrogens with one attached hydrogen (secondary N) is 1. The Morgan fingerprint density at radius 1 is 1.12 bits per heavy atom. The molecule has 0 spiro atoms. The second-order valence-corrected chi connectivity index (χ2v) is 7.36. The number of hydrogen-bond acceptors (Lipinski definition) is 3. The van der Waals surface area contributed by atoms with Gasteiger partial charge in [0.15, 0.2) is 0 Å². The van der Waals surface area contributed by atoms with Gasteiger partial charge >= 0.3 is 6.03 Å². The summed E-state index contributed by atoms with van der Waals surface area (Å²) in [5.74, 6) is -0.251. The normalized spacial score (nSPS) is 19.6. The van der Waals surface area contributed by atoms with Crippen molar-refractivity contribution in [2.75, 3.05) is 14.1 Å². The Hall–Kier alpha value is -2.37. The molecule has 2 rings (SSSR count). The standard InChI is InChI=1S/C20H29N3O3/c1-5-6-7-8-13-20(2)18(25)23(19(26)21-20)14-15-9-11-16(12-10-15)17(24)22(3)4/h9-12H,5-8,13-14H2,1-4H3,(H,21,26). The molecule has 0 saturated carbocycles. The van der Waals surface area contributed by atoms with Gasteiger partial charge < -0.3 is 10.2 Å². The fourth-order valence-electron chi connectivity index (χ4n) is 3.16. The summed E-state index contributed by atoms with van der Waals surface area (Å²) in [4.78, 5) is 39.8. The van der Waals surface area contributed by atoms with E-state index in [4.69, 9.17) is 0 Å². The van der Waals surface area contributed by atoms with Crippen LogP contribution in [0.25, 0.3) is 0 Å². The number of imide groups is 1. The maximum atomic E-state index is 12.8. The summed E-state index contributed by atoms with van der Waals surface area (Å²) in [5, 5.41) is 2.85. The summed E-state index contributed by atoms with van der Waals surface area (Å²) >= 11 is 0. The van der Waals surface area contributed by atoms with Crippen LogP contribution in [0.2, 0.25) is 0 Å². The number of unbranched alkanes of at least 4 members (excludes halogenated alkanes) is 3. The van der Waals surface area contributed by atoms with E-state index in [9.17, 15) is 14.4 Å². The largest absolute Gasteiger partial charge is 0.345 e. The highest BCUT2D eigenvalue weighted by atomic mass is 16.2. The summed E-state index contributed by atoms with van der Waals surface area (Å²) in [5.41, 5.74) is 0.585. The van der Waals surface area contributed by atoms with Gasteiger partial charge in [0.1, 0.15) is 5.54 Å². The van der Waals surface area contributed by atoms with Crippen molar-refractivity contribution < 1.29 is 14.4 Å². The predicted octanol–water partition coefficient (Wildman–Crippen LogP) is 3.17. The molecular formula is C20H29N3O3. The van der Waals surface area contributed by atoms with Crippen LogP contribution in [0.3, 0.4) is 0 Å². The number of rotatable bonds is 8. The third kappa shape index (κ3) is 4.42. The molecule has 0 radical (unpaired) electrons. The molecule has 6 heteroatoms. The molecule has 1 aliphatic rings. The molecule has 6 nitrogen and oxygen atoms in total. The lowest BCUT2D eigenvalue weighted by molar-refractivity contribution is -0.131. The summed E-state index contributed by atoms with van der Waals surface area (Å²) < 4.78 is 0. The lowest BCUT2D eigenvalue weighted by Crippen LogP contribution is -2.43. The first-order chi connectivity index (χ1) is 12.3. The number of carbonyl (C=O) groups excluding carboxylic acids is 3. The molecular weight excluding hydrogens is 330 g/mol. The highest BCUT2D eigenvalue weighted by Crippen LogP contribution is 2.25. The molecule has 1 atom stereocenters. The van der Waals surface area contributed by atoms with Gasteiger partial charge in [0.25, 0.3) is 11.8 Å². The molecule has 1 aromatic carbocycles. The van der Waals surface area contributed by atoms with Gasteiger partial charge in [-0.1, -0.05) is 44.7 Å². The minimum atomic E-state index is -0.814. The Morgan fingerprint density at radius 3 is 2.35 bits per heavy atom. The molecule has 26 heavy (non-hydrogen) atoms. The highest BCUT2D eigenvalue weighted by molar-refractivity contribution is 6.06. The second-order valence-electron chi connectivity index (χ2n) is 7.36. The average Bonchev–Trinajstić information content (AvgIpc) is 2.82. The molecule has 1 N–H and O–H groups in total. The van der Waals surface area contributed by atoms with Gasteiger partial charge in [0, 0.05) is 19.7 Å². The molecule has 142 valence electrons. The maximum absolute atomic E-state index is 12.8. The molecule has 4 amide bonds. The lowest BCUT2D eigenvalue weighted by Gasteiger charge is -2.21. The number of nitrogens with zero attached hydrogens (tertiary/aromatic N) is 2. The zero-order valence-electron chi connectivity index (χ0n) is 16.2. The first-order valence-electron chi connectivity index (χ1n) is 9.23. The SMILES string of the molecule is CCCCCCC1(C)NC(=O)N(Cc2ccc(C(=O)N(C)C)cc2)C1=O. The minimum Gasteiger partial charge on any atom is -0.345 e.